The van der Waals surface area contributed by atoms with Crippen LogP contribution in [0, 0.1) is 0 Å². The number of likely N-dealkylation sites (tertiary alicyclic amines) is 1. The van der Waals surface area contributed by atoms with Crippen molar-refractivity contribution < 1.29 is 4.74 Å². The largest absolute Gasteiger partial charge is 0.383 e. The van der Waals surface area contributed by atoms with Gasteiger partial charge in [0.25, 0.3) is 0 Å². The molecule has 4 aliphatic heterocycles. The maximum Gasteiger partial charge on any atom is 0.0645 e. The van der Waals surface area contributed by atoms with Crippen LogP contribution < -0.4 is 5.32 Å². The highest BCUT2D eigenvalue weighted by Gasteiger charge is 2.43. The van der Waals surface area contributed by atoms with Gasteiger partial charge in [0.15, 0.2) is 0 Å². The number of hydrogen-bond acceptors (Lipinski definition) is 4. The molecule has 4 nitrogen and oxygen atoms in total. The average molecular weight is 261 g/mol. The van der Waals surface area contributed by atoms with Crippen molar-refractivity contribution in [1.29, 1.82) is 0 Å². The first-order chi connectivity index (χ1) is 9.31. The van der Waals surface area contributed by atoms with Gasteiger partial charge in [-0.3, -0.25) is 4.90 Å². The Bertz CT molecular complexity index is 413. The first-order valence-corrected chi connectivity index (χ1v) is 7.53. The third kappa shape index (κ3) is 1.98. The van der Waals surface area contributed by atoms with E-state index < -0.39 is 0 Å². The molecule has 0 aliphatic carbocycles. The third-order valence-corrected chi connectivity index (χ3v) is 5.05. The Labute approximate surface area is 115 Å². The monoisotopic (exact) mass is 261 g/mol. The highest BCUT2D eigenvalue weighted by Crippen LogP contribution is 2.35. The van der Waals surface area contributed by atoms with E-state index in [4.69, 9.17) is 4.74 Å². The van der Waals surface area contributed by atoms with E-state index in [1.54, 1.807) is 0 Å². The number of allylic oxidation sites excluding steroid dienone is 3. The fraction of sp³-hybridized carbons (Fsp3) is 0.733. The molecule has 4 heteroatoms. The molecule has 4 heterocycles. The number of piperazine rings is 1. The number of fused-ring (bicyclic) bond motifs is 2. The summed E-state index contributed by atoms with van der Waals surface area (Å²) in [6, 6.07) is 2.14. The van der Waals surface area contributed by atoms with E-state index in [1.807, 2.05) is 0 Å². The Morgan fingerprint density at radius 1 is 1.11 bits per heavy atom. The van der Waals surface area contributed by atoms with Crippen LogP contribution in [-0.4, -0.2) is 60.8 Å². The van der Waals surface area contributed by atoms with Crippen LogP contribution in [0.4, 0.5) is 0 Å². The maximum absolute atomic E-state index is 5.35. The molecule has 3 saturated heterocycles. The van der Waals surface area contributed by atoms with Crippen LogP contribution >= 0.6 is 0 Å². The van der Waals surface area contributed by atoms with Crippen LogP contribution in [0.1, 0.15) is 19.8 Å². The summed E-state index contributed by atoms with van der Waals surface area (Å²) in [7, 11) is 0. The van der Waals surface area contributed by atoms with Crippen molar-refractivity contribution in [3.05, 3.63) is 23.5 Å². The Balaban J connectivity index is 1.50. The van der Waals surface area contributed by atoms with Gasteiger partial charge >= 0.3 is 0 Å². The quantitative estimate of drug-likeness (QED) is 0.800. The van der Waals surface area contributed by atoms with Crippen molar-refractivity contribution >= 4 is 0 Å². The van der Waals surface area contributed by atoms with Crippen LogP contribution in [0.15, 0.2) is 23.5 Å². The lowest BCUT2D eigenvalue weighted by Gasteiger charge is -2.48. The Hall–Kier alpha value is -1.00. The molecule has 3 fully saturated rings. The highest BCUT2D eigenvalue weighted by molar-refractivity contribution is 5.25. The second-order valence-corrected chi connectivity index (χ2v) is 6.30. The molecular formula is C15H23N3O. The van der Waals surface area contributed by atoms with Crippen molar-refractivity contribution in [3.63, 3.8) is 0 Å². The lowest BCUT2D eigenvalue weighted by atomic mass is 10.1. The van der Waals surface area contributed by atoms with E-state index in [1.165, 1.54) is 37.3 Å². The molecule has 104 valence electrons. The fourth-order valence-electron chi connectivity index (χ4n) is 3.88. The zero-order valence-electron chi connectivity index (χ0n) is 11.6. The molecule has 2 unspecified atom stereocenters. The molecule has 4 rings (SSSR count). The minimum absolute atomic E-state index is 0.700. The van der Waals surface area contributed by atoms with Gasteiger partial charge < -0.3 is 15.0 Å². The average Bonchev–Trinajstić information content (AvgIpc) is 2.61. The zero-order valence-corrected chi connectivity index (χ0v) is 11.6. The van der Waals surface area contributed by atoms with Crippen LogP contribution in [0.3, 0.4) is 0 Å². The molecule has 0 aromatic heterocycles. The standard InChI is InChI=1S/C15H23N3O/c1-11-2-3-12(6-16-11)18-13-4-5-14(18)8-17(7-13)15-9-19-10-15/h2-3,13-16H,4-10H2,1H3. The molecule has 0 radical (unpaired) electrons. The molecule has 0 saturated carbocycles. The van der Waals surface area contributed by atoms with Gasteiger partial charge in [0, 0.05) is 36.6 Å². The van der Waals surface area contributed by atoms with Gasteiger partial charge in [-0.15, -0.1) is 0 Å². The van der Waals surface area contributed by atoms with E-state index in [0.29, 0.717) is 6.04 Å². The van der Waals surface area contributed by atoms with E-state index in [0.717, 1.165) is 31.8 Å². The maximum atomic E-state index is 5.35. The van der Waals surface area contributed by atoms with E-state index >= 15 is 0 Å². The molecule has 1 N–H and O–H groups in total. The van der Waals surface area contributed by atoms with Gasteiger partial charge in [-0.25, -0.2) is 0 Å². The van der Waals surface area contributed by atoms with Gasteiger partial charge in [-0.2, -0.15) is 0 Å². The van der Waals surface area contributed by atoms with Crippen LogP contribution in [0.5, 0.6) is 0 Å². The van der Waals surface area contributed by atoms with Crippen LogP contribution in [0.2, 0.25) is 0 Å². The lowest BCUT2D eigenvalue weighted by molar-refractivity contribution is -0.0848. The van der Waals surface area contributed by atoms with Gasteiger partial charge in [0.05, 0.1) is 25.8 Å². The van der Waals surface area contributed by atoms with Crippen molar-refractivity contribution in [2.24, 2.45) is 0 Å². The number of hydrogen-bond donors (Lipinski definition) is 1. The summed E-state index contributed by atoms with van der Waals surface area (Å²) >= 11 is 0. The van der Waals surface area contributed by atoms with E-state index in [2.05, 4.69) is 34.2 Å². The molecule has 19 heavy (non-hydrogen) atoms. The molecule has 4 aliphatic rings. The third-order valence-electron chi connectivity index (χ3n) is 5.05. The van der Waals surface area contributed by atoms with Gasteiger partial charge in [0.2, 0.25) is 0 Å². The van der Waals surface area contributed by atoms with Gasteiger partial charge in [-0.1, -0.05) is 0 Å². The summed E-state index contributed by atoms with van der Waals surface area (Å²) < 4.78 is 5.35. The van der Waals surface area contributed by atoms with Gasteiger partial charge in [-0.05, 0) is 31.9 Å². The number of nitrogens with one attached hydrogen (secondary N) is 1. The minimum Gasteiger partial charge on any atom is -0.383 e. The summed E-state index contributed by atoms with van der Waals surface area (Å²) in [6.45, 7) is 7.49. The number of rotatable bonds is 2. The van der Waals surface area contributed by atoms with Gasteiger partial charge in [0.1, 0.15) is 0 Å². The summed E-state index contributed by atoms with van der Waals surface area (Å²) in [5.41, 5.74) is 2.77. The second-order valence-electron chi connectivity index (χ2n) is 6.30. The number of nitrogens with zero attached hydrogens (tertiary/aromatic N) is 2. The van der Waals surface area contributed by atoms with Crippen LogP contribution in [0.25, 0.3) is 0 Å². The number of ether oxygens (including phenoxy) is 1. The van der Waals surface area contributed by atoms with Crippen LogP contribution in [-0.2, 0) is 4.74 Å². The topological polar surface area (TPSA) is 27.7 Å². The van der Waals surface area contributed by atoms with Crippen molar-refractivity contribution in [1.82, 2.24) is 15.1 Å². The minimum atomic E-state index is 0.700. The van der Waals surface area contributed by atoms with E-state index in [-0.39, 0.29) is 0 Å². The zero-order chi connectivity index (χ0) is 12.8. The first kappa shape index (κ1) is 11.8. The molecular weight excluding hydrogens is 238 g/mol. The Morgan fingerprint density at radius 3 is 2.37 bits per heavy atom. The molecule has 0 amide bonds. The molecule has 0 spiro atoms. The highest BCUT2D eigenvalue weighted by atomic mass is 16.5. The predicted octanol–water partition coefficient (Wildman–Crippen LogP) is 0.925. The molecule has 0 aromatic carbocycles. The summed E-state index contributed by atoms with van der Waals surface area (Å²) in [5.74, 6) is 0. The molecule has 2 atom stereocenters. The summed E-state index contributed by atoms with van der Waals surface area (Å²) in [4.78, 5) is 5.37. The summed E-state index contributed by atoms with van der Waals surface area (Å²) in [6.07, 6.45) is 7.24. The molecule has 0 aromatic rings. The number of dihydropyridines is 1. The normalized spacial score (nSPS) is 35.5. The second kappa shape index (κ2) is 4.53. The first-order valence-electron chi connectivity index (χ1n) is 7.53. The Kier molecular flexibility index (Phi) is 2.81. The summed E-state index contributed by atoms with van der Waals surface area (Å²) in [5, 5.41) is 3.47. The van der Waals surface area contributed by atoms with Crippen molar-refractivity contribution in [3.8, 4) is 0 Å². The van der Waals surface area contributed by atoms with Crippen molar-refractivity contribution in [2.45, 2.75) is 37.9 Å². The van der Waals surface area contributed by atoms with Crippen molar-refractivity contribution in [2.75, 3.05) is 32.8 Å². The predicted molar refractivity (Wildman–Crippen MR) is 74.7 cm³/mol. The van der Waals surface area contributed by atoms with E-state index in [9.17, 15) is 0 Å². The Morgan fingerprint density at radius 2 is 1.84 bits per heavy atom. The fourth-order valence-corrected chi connectivity index (χ4v) is 3.88. The lowest BCUT2D eigenvalue weighted by Crippen LogP contribution is -2.60. The molecule has 2 bridgehead atoms. The smallest absolute Gasteiger partial charge is 0.0645 e. The SMILES string of the molecule is CC1=CC=C(N2C3CCC2CN(C2COC2)C3)CN1.